The molecule has 0 saturated carbocycles. The summed E-state index contributed by atoms with van der Waals surface area (Å²) in [5, 5.41) is 2.95. The van der Waals surface area contributed by atoms with E-state index in [-0.39, 0.29) is 5.91 Å². The molecular weight excluding hydrogens is 338 g/mol. The van der Waals surface area contributed by atoms with E-state index in [4.69, 9.17) is 9.47 Å². The van der Waals surface area contributed by atoms with E-state index < -0.39 is 0 Å². The Bertz CT molecular complexity index is 783. The molecule has 0 atom stereocenters. The van der Waals surface area contributed by atoms with Gasteiger partial charge in [0, 0.05) is 6.42 Å². The summed E-state index contributed by atoms with van der Waals surface area (Å²) < 4.78 is 12.0. The quantitative estimate of drug-likeness (QED) is 0.640. The van der Waals surface area contributed by atoms with Crippen molar-refractivity contribution in [2.45, 2.75) is 60.5 Å². The van der Waals surface area contributed by atoms with E-state index in [2.05, 4.69) is 38.2 Å². The van der Waals surface area contributed by atoms with E-state index in [9.17, 15) is 4.79 Å². The highest BCUT2D eigenvalue weighted by Crippen LogP contribution is 2.31. The molecule has 0 spiro atoms. The van der Waals surface area contributed by atoms with Crippen molar-refractivity contribution in [2.75, 3.05) is 11.9 Å². The number of aryl methyl sites for hydroxylation is 3. The Morgan fingerprint density at radius 2 is 1.70 bits per heavy atom. The van der Waals surface area contributed by atoms with Gasteiger partial charge in [0.15, 0.2) is 0 Å². The second-order valence-corrected chi connectivity index (χ2v) is 6.50. The molecule has 0 unspecified atom stereocenters. The fourth-order valence-electron chi connectivity index (χ4n) is 3.08. The number of amides is 1. The number of hydrogen-bond acceptors (Lipinski definition) is 3. The van der Waals surface area contributed by atoms with Crippen LogP contribution in [0, 0.1) is 6.92 Å². The van der Waals surface area contributed by atoms with E-state index in [1.807, 2.05) is 32.0 Å². The van der Waals surface area contributed by atoms with Crippen LogP contribution >= 0.6 is 0 Å². The number of rotatable bonds is 9. The largest absolute Gasteiger partial charge is 0.493 e. The van der Waals surface area contributed by atoms with Gasteiger partial charge in [0.25, 0.3) is 0 Å². The van der Waals surface area contributed by atoms with Crippen LogP contribution in [0.4, 0.5) is 5.69 Å². The predicted octanol–water partition coefficient (Wildman–Crippen LogP) is 5.45. The van der Waals surface area contributed by atoms with E-state index in [1.54, 1.807) is 0 Å². The van der Waals surface area contributed by atoms with Crippen LogP contribution < -0.4 is 14.8 Å². The van der Waals surface area contributed by atoms with Crippen molar-refractivity contribution in [3.63, 3.8) is 0 Å². The summed E-state index contributed by atoms with van der Waals surface area (Å²) in [6.45, 7) is 11.1. The fourth-order valence-corrected chi connectivity index (χ4v) is 3.08. The summed E-state index contributed by atoms with van der Waals surface area (Å²) in [5.41, 5.74) is 5.39. The SMILES string of the molecule is CCOc1cccc(NC(=O)CC)c1COc1cc(C)c(CC)cc1CC. The lowest BCUT2D eigenvalue weighted by Gasteiger charge is -2.18. The van der Waals surface area contributed by atoms with Crippen molar-refractivity contribution in [3.8, 4) is 11.5 Å². The molecule has 0 aliphatic heterocycles. The second-order valence-electron chi connectivity index (χ2n) is 6.50. The third-order valence-corrected chi connectivity index (χ3v) is 4.68. The van der Waals surface area contributed by atoms with Crippen LogP contribution in [0.3, 0.4) is 0 Å². The second kappa shape index (κ2) is 10.0. The summed E-state index contributed by atoms with van der Waals surface area (Å²) in [4.78, 5) is 11.9. The maximum absolute atomic E-state index is 11.9. The molecule has 0 aliphatic rings. The molecule has 1 N–H and O–H groups in total. The topological polar surface area (TPSA) is 47.6 Å². The van der Waals surface area contributed by atoms with Crippen molar-refractivity contribution in [1.82, 2.24) is 0 Å². The highest BCUT2D eigenvalue weighted by molar-refractivity contribution is 5.91. The molecule has 0 radical (unpaired) electrons. The van der Waals surface area contributed by atoms with Gasteiger partial charge in [-0.1, -0.05) is 32.9 Å². The van der Waals surface area contributed by atoms with Gasteiger partial charge in [-0.25, -0.2) is 0 Å². The number of hydrogen-bond donors (Lipinski definition) is 1. The summed E-state index contributed by atoms with van der Waals surface area (Å²) in [7, 11) is 0. The molecule has 0 aromatic heterocycles. The average Bonchev–Trinajstić information content (AvgIpc) is 2.67. The van der Waals surface area contributed by atoms with Gasteiger partial charge in [-0.05, 0) is 61.6 Å². The Morgan fingerprint density at radius 3 is 2.33 bits per heavy atom. The summed E-state index contributed by atoms with van der Waals surface area (Å²) in [6, 6.07) is 10.0. The molecule has 146 valence electrons. The molecule has 0 fully saturated rings. The summed E-state index contributed by atoms with van der Waals surface area (Å²) in [6.07, 6.45) is 2.35. The first-order chi connectivity index (χ1) is 13.0. The monoisotopic (exact) mass is 369 g/mol. The molecule has 2 aromatic rings. The van der Waals surface area contributed by atoms with E-state index in [0.717, 1.165) is 35.6 Å². The molecule has 0 heterocycles. The number of anilines is 1. The van der Waals surface area contributed by atoms with Crippen LogP contribution in [0.1, 0.15) is 56.4 Å². The Hall–Kier alpha value is -2.49. The normalized spacial score (nSPS) is 10.6. The van der Waals surface area contributed by atoms with Crippen molar-refractivity contribution < 1.29 is 14.3 Å². The molecule has 4 heteroatoms. The Kier molecular flexibility index (Phi) is 7.71. The van der Waals surface area contributed by atoms with Crippen LogP contribution in [0.25, 0.3) is 0 Å². The van der Waals surface area contributed by atoms with Gasteiger partial charge < -0.3 is 14.8 Å². The molecule has 0 bridgehead atoms. The number of carbonyl (C=O) groups is 1. The minimum absolute atomic E-state index is 0.0257. The van der Waals surface area contributed by atoms with Crippen molar-refractivity contribution in [2.24, 2.45) is 0 Å². The zero-order chi connectivity index (χ0) is 19.8. The Labute approximate surface area is 162 Å². The predicted molar refractivity (Wildman–Crippen MR) is 111 cm³/mol. The van der Waals surface area contributed by atoms with Gasteiger partial charge >= 0.3 is 0 Å². The highest BCUT2D eigenvalue weighted by Gasteiger charge is 2.14. The number of ether oxygens (including phenoxy) is 2. The van der Waals surface area contributed by atoms with Crippen LogP contribution in [-0.2, 0) is 24.2 Å². The van der Waals surface area contributed by atoms with Gasteiger partial charge in [-0.15, -0.1) is 0 Å². The minimum Gasteiger partial charge on any atom is -0.493 e. The number of nitrogens with one attached hydrogen (secondary N) is 1. The third-order valence-electron chi connectivity index (χ3n) is 4.68. The lowest BCUT2D eigenvalue weighted by molar-refractivity contribution is -0.115. The fraction of sp³-hybridized carbons (Fsp3) is 0.435. The lowest BCUT2D eigenvalue weighted by Crippen LogP contribution is -2.13. The minimum atomic E-state index is -0.0257. The molecule has 27 heavy (non-hydrogen) atoms. The Balaban J connectivity index is 2.33. The van der Waals surface area contributed by atoms with E-state index >= 15 is 0 Å². The Morgan fingerprint density at radius 1 is 0.963 bits per heavy atom. The van der Waals surface area contributed by atoms with E-state index in [0.29, 0.717) is 19.6 Å². The van der Waals surface area contributed by atoms with Crippen molar-refractivity contribution in [1.29, 1.82) is 0 Å². The van der Waals surface area contributed by atoms with Crippen LogP contribution in [-0.4, -0.2) is 12.5 Å². The van der Waals surface area contributed by atoms with E-state index in [1.165, 1.54) is 16.7 Å². The first-order valence-corrected chi connectivity index (χ1v) is 9.83. The maximum Gasteiger partial charge on any atom is 0.224 e. The van der Waals surface area contributed by atoms with Crippen LogP contribution in [0.2, 0.25) is 0 Å². The standard InChI is InChI=1S/C23H31NO3/c1-6-17-14-18(7-2)22(13-16(17)5)27-15-19-20(24-23(25)8-3)11-10-12-21(19)26-9-4/h10-14H,6-9,15H2,1-5H3,(H,24,25). The van der Waals surface area contributed by atoms with Gasteiger partial charge in [0.1, 0.15) is 18.1 Å². The van der Waals surface area contributed by atoms with Crippen molar-refractivity contribution >= 4 is 11.6 Å². The van der Waals surface area contributed by atoms with Gasteiger partial charge in [0.05, 0.1) is 17.9 Å². The molecular formula is C23H31NO3. The molecule has 2 aromatic carbocycles. The molecule has 2 rings (SSSR count). The van der Waals surface area contributed by atoms with Crippen LogP contribution in [0.15, 0.2) is 30.3 Å². The maximum atomic E-state index is 11.9. The summed E-state index contributed by atoms with van der Waals surface area (Å²) in [5.74, 6) is 1.61. The van der Waals surface area contributed by atoms with Crippen LogP contribution in [0.5, 0.6) is 11.5 Å². The van der Waals surface area contributed by atoms with Gasteiger partial charge in [0.2, 0.25) is 5.91 Å². The highest BCUT2D eigenvalue weighted by atomic mass is 16.5. The van der Waals surface area contributed by atoms with Gasteiger partial charge in [-0.3, -0.25) is 4.79 Å². The molecule has 0 aliphatic carbocycles. The number of benzene rings is 2. The first-order valence-electron chi connectivity index (χ1n) is 9.83. The first kappa shape index (κ1) is 20.8. The zero-order valence-electron chi connectivity index (χ0n) is 17.1. The smallest absolute Gasteiger partial charge is 0.224 e. The average molecular weight is 370 g/mol. The third kappa shape index (κ3) is 5.25. The molecule has 0 saturated heterocycles. The molecule has 1 amide bonds. The summed E-state index contributed by atoms with van der Waals surface area (Å²) >= 11 is 0. The van der Waals surface area contributed by atoms with Gasteiger partial charge in [-0.2, -0.15) is 0 Å². The lowest BCUT2D eigenvalue weighted by atomic mass is 10.0. The molecule has 4 nitrogen and oxygen atoms in total. The van der Waals surface area contributed by atoms with Crippen molar-refractivity contribution in [3.05, 3.63) is 52.6 Å². The number of carbonyl (C=O) groups excluding carboxylic acids is 1. The zero-order valence-corrected chi connectivity index (χ0v) is 17.1.